The molecular weight excluding hydrogens is 776 g/mol. The van der Waals surface area contributed by atoms with Gasteiger partial charge in [-0.15, -0.1) is 0 Å². The van der Waals surface area contributed by atoms with Gasteiger partial charge >= 0.3 is 0 Å². The molecule has 0 bridgehead atoms. The summed E-state index contributed by atoms with van der Waals surface area (Å²) in [6.07, 6.45) is -37.7. The minimum absolute atomic E-state index is 0.550. The molecule has 0 aromatic heterocycles. The number of aliphatic hydroxyl groups is 12. The van der Waals surface area contributed by atoms with Crippen molar-refractivity contribution in [3.05, 3.63) is 0 Å². The quantitative estimate of drug-likeness (QED) is 0.0724. The van der Waals surface area contributed by atoms with E-state index in [9.17, 15) is 78.1 Å². The summed E-state index contributed by atoms with van der Waals surface area (Å²) in [6, 6.07) is 0. The molecule has 0 aromatic rings. The topological polar surface area (TPSA) is 394 Å². The zero-order chi connectivity index (χ0) is 39.7. The Morgan fingerprint density at radius 2 is 0.887 bits per heavy atom. The van der Waals surface area contributed by atoms with Crippen molar-refractivity contribution < 1.29 is 120 Å². The van der Waals surface area contributed by atoms with Gasteiger partial charge < -0.3 is 94.4 Å². The van der Waals surface area contributed by atoms with Gasteiger partial charge in [0.1, 0.15) is 91.6 Å². The van der Waals surface area contributed by atoms with Gasteiger partial charge in [-0.2, -0.15) is 16.8 Å². The lowest BCUT2D eigenvalue weighted by Gasteiger charge is -2.49. The highest BCUT2D eigenvalue weighted by molar-refractivity contribution is 7.86. The van der Waals surface area contributed by atoms with Gasteiger partial charge in [0, 0.05) is 0 Å². The molecule has 4 rings (SSSR count). The van der Waals surface area contributed by atoms with Crippen LogP contribution in [-0.4, -0.2) is 240 Å². The average molecular weight is 823 g/mol. The molecule has 0 aliphatic carbocycles. The van der Waals surface area contributed by atoms with E-state index < -0.39 is 169 Å². The highest BCUT2D eigenvalue weighted by Crippen LogP contribution is 2.35. The summed E-state index contributed by atoms with van der Waals surface area (Å²) in [6.45, 7) is -3.84. The van der Waals surface area contributed by atoms with Crippen LogP contribution in [0.1, 0.15) is 0 Å². The fraction of sp³-hybridized carbons (Fsp3) is 1.00. The maximum atomic E-state index is 12.3. The van der Waals surface area contributed by atoms with Gasteiger partial charge in [0.15, 0.2) is 31.3 Å². The minimum Gasteiger partial charge on any atom is -0.394 e. The first kappa shape index (κ1) is 44.8. The van der Waals surface area contributed by atoms with Gasteiger partial charge in [-0.1, -0.05) is 0 Å². The van der Waals surface area contributed by atoms with Gasteiger partial charge in [-0.25, -0.2) is 0 Å². The Morgan fingerprint density at radius 3 is 1.42 bits per heavy atom. The fourth-order valence-corrected chi connectivity index (χ4v) is 7.00. The third-order valence-corrected chi connectivity index (χ3v) is 9.87. The predicted octanol–water partition coefficient (Wildman–Crippen LogP) is -9.78. The Bertz CT molecular complexity index is 1380. The summed E-state index contributed by atoms with van der Waals surface area (Å²) < 4.78 is 96.4. The van der Waals surface area contributed by atoms with Crippen LogP contribution < -0.4 is 0 Å². The molecule has 4 fully saturated rings. The molecule has 4 aliphatic heterocycles. The molecule has 0 unspecified atom stereocenters. The zero-order valence-electron chi connectivity index (χ0n) is 27.9. The Balaban J connectivity index is 1.61. The minimum atomic E-state index is -4.55. The number of hydrogen-bond acceptors (Lipinski definition) is 25. The van der Waals surface area contributed by atoms with Crippen LogP contribution in [0, 0.1) is 0 Å². The number of ether oxygens (including phenoxy) is 7. The van der Waals surface area contributed by atoms with Crippen LogP contribution in [0.2, 0.25) is 0 Å². The third kappa shape index (κ3) is 10.5. The molecule has 25 nitrogen and oxygen atoms in total. The van der Waals surface area contributed by atoms with Crippen molar-refractivity contribution in [2.45, 2.75) is 123 Å². The molecule has 0 aromatic carbocycles. The van der Waals surface area contributed by atoms with E-state index in [1.54, 1.807) is 0 Å². The lowest BCUT2D eigenvalue weighted by Crippen LogP contribution is -2.68. The molecule has 0 spiro atoms. The lowest BCUT2D eigenvalue weighted by molar-refractivity contribution is -0.385. The van der Waals surface area contributed by atoms with Gasteiger partial charge in [-0.3, -0.25) is 8.37 Å². The SMILES string of the molecule is CS(=O)(=O)OC[C@H]1O[C@H](O[C@H]2[C@H](O)[C@@H](O)[C@@H](O)O[C@@H]2CO)[C@H](O)[C@@H](O)[C@@H]1O[C@H]1O[C@H](CO)[C@@H](O[C@H]2O[C@H](CO)[C@@H](O)[C@H](O)[C@H]2O)[C@H](O)[C@H]1OS(C)(=O)=O. The average Bonchev–Trinajstić information content (AvgIpc) is 3.08. The monoisotopic (exact) mass is 822 g/mol. The molecule has 0 amide bonds. The Morgan fingerprint density at radius 1 is 0.453 bits per heavy atom. The van der Waals surface area contributed by atoms with Crippen LogP contribution in [-0.2, 0) is 61.8 Å². The van der Waals surface area contributed by atoms with Crippen LogP contribution in [0.3, 0.4) is 0 Å². The highest BCUT2D eigenvalue weighted by atomic mass is 32.2. The number of hydrogen-bond donors (Lipinski definition) is 12. The molecule has 4 saturated heterocycles. The summed E-state index contributed by atoms with van der Waals surface area (Å²) in [4.78, 5) is 0. The van der Waals surface area contributed by atoms with Crippen molar-refractivity contribution in [3.63, 3.8) is 0 Å². The Kier molecular flexibility index (Phi) is 15.3. The van der Waals surface area contributed by atoms with E-state index in [2.05, 4.69) is 0 Å². The largest absolute Gasteiger partial charge is 0.394 e. The van der Waals surface area contributed by atoms with E-state index in [0.717, 1.165) is 0 Å². The first-order chi connectivity index (χ1) is 24.6. The Hall–Kier alpha value is -0.940. The number of rotatable bonds is 14. The van der Waals surface area contributed by atoms with Crippen LogP contribution >= 0.6 is 0 Å². The first-order valence-corrected chi connectivity index (χ1v) is 19.5. The van der Waals surface area contributed by atoms with Gasteiger partial charge in [-0.05, 0) is 0 Å². The van der Waals surface area contributed by atoms with Crippen LogP contribution in [0.5, 0.6) is 0 Å². The maximum absolute atomic E-state index is 12.3. The zero-order valence-corrected chi connectivity index (χ0v) is 29.5. The first-order valence-electron chi connectivity index (χ1n) is 15.9. The smallest absolute Gasteiger partial charge is 0.264 e. The van der Waals surface area contributed by atoms with Crippen molar-refractivity contribution >= 4 is 20.2 Å². The normalized spacial score (nSPS) is 47.4. The molecule has 20 atom stereocenters. The second kappa shape index (κ2) is 18.1. The van der Waals surface area contributed by atoms with Crippen LogP contribution in [0.25, 0.3) is 0 Å². The van der Waals surface area contributed by atoms with Gasteiger partial charge in [0.25, 0.3) is 20.2 Å². The third-order valence-electron chi connectivity index (χ3n) is 8.73. The maximum Gasteiger partial charge on any atom is 0.264 e. The predicted molar refractivity (Wildman–Crippen MR) is 161 cm³/mol. The van der Waals surface area contributed by atoms with E-state index in [1.807, 2.05) is 0 Å². The second-order valence-corrected chi connectivity index (χ2v) is 16.0. The molecule has 53 heavy (non-hydrogen) atoms. The molecule has 312 valence electrons. The molecule has 4 heterocycles. The van der Waals surface area contributed by atoms with Gasteiger partial charge in [0.05, 0.1) is 38.9 Å². The van der Waals surface area contributed by atoms with Gasteiger partial charge in [0.2, 0.25) is 0 Å². The molecule has 0 radical (unpaired) electrons. The molecule has 0 saturated carbocycles. The number of aliphatic hydroxyl groups excluding tert-OH is 12. The van der Waals surface area contributed by atoms with Crippen molar-refractivity contribution in [2.24, 2.45) is 0 Å². The fourth-order valence-electron chi connectivity index (χ4n) is 6.01. The molecule has 4 aliphatic rings. The van der Waals surface area contributed by atoms with Crippen molar-refractivity contribution in [2.75, 3.05) is 38.9 Å². The molecular formula is C26H46O25S2. The summed E-state index contributed by atoms with van der Waals surface area (Å²) in [5.41, 5.74) is 0. The van der Waals surface area contributed by atoms with E-state index in [4.69, 9.17) is 41.5 Å². The van der Waals surface area contributed by atoms with Crippen LogP contribution in [0.15, 0.2) is 0 Å². The summed E-state index contributed by atoms with van der Waals surface area (Å²) >= 11 is 0. The van der Waals surface area contributed by atoms with E-state index >= 15 is 0 Å². The summed E-state index contributed by atoms with van der Waals surface area (Å²) in [5.74, 6) is 0. The summed E-state index contributed by atoms with van der Waals surface area (Å²) in [7, 11) is -8.82. The summed E-state index contributed by atoms with van der Waals surface area (Å²) in [5, 5.41) is 124. The van der Waals surface area contributed by atoms with Crippen LogP contribution in [0.4, 0.5) is 0 Å². The van der Waals surface area contributed by atoms with E-state index in [0.29, 0.717) is 12.5 Å². The molecule has 27 heteroatoms. The Labute approximate surface area is 301 Å². The van der Waals surface area contributed by atoms with Crippen molar-refractivity contribution in [1.29, 1.82) is 0 Å². The second-order valence-electron chi connectivity index (χ2n) is 12.7. The standard InChI is InChI=1S/C26H46O25S2/c1-52(39,40)43-6-10-21(14(33)17(36)25(47-10)48-19-8(4-28)44-23(38)15(34)13(19)32)50-26-22(51-53(2,41)42)18(37)20(9(5-29)46-26)49-24-16(35)12(31)11(30)7(3-27)45-24/h7-38H,3-6H2,1-2H3/t7-,8-,9-,10-,11-,12+,13-,14-,15-,16-,17-,18+,19-,20-,21-,22-,23+,24-,25-,26-/m1/s1. The molecule has 12 N–H and O–H groups in total. The highest BCUT2D eigenvalue weighted by Gasteiger charge is 2.56. The van der Waals surface area contributed by atoms with E-state index in [1.165, 1.54) is 0 Å². The van der Waals surface area contributed by atoms with Crippen molar-refractivity contribution in [1.82, 2.24) is 0 Å². The van der Waals surface area contributed by atoms with Crippen molar-refractivity contribution in [3.8, 4) is 0 Å². The lowest BCUT2D eigenvalue weighted by atomic mass is 9.95. The van der Waals surface area contributed by atoms with E-state index in [-0.39, 0.29) is 0 Å².